The van der Waals surface area contributed by atoms with Crippen LogP contribution < -0.4 is 4.74 Å². The van der Waals surface area contributed by atoms with Crippen LogP contribution in [0.25, 0.3) is 11.1 Å². The number of carboxylic acids is 2. The third-order valence-corrected chi connectivity index (χ3v) is 4.51. The molecule has 9 nitrogen and oxygen atoms in total. The molecule has 2 aromatic carbocycles. The minimum absolute atomic E-state index is 0.0797. The molecule has 1 saturated heterocycles. The van der Waals surface area contributed by atoms with Crippen LogP contribution in [0.2, 0.25) is 0 Å². The molecule has 0 aromatic heterocycles. The van der Waals surface area contributed by atoms with E-state index in [1.807, 2.05) is 0 Å². The van der Waals surface area contributed by atoms with Gasteiger partial charge in [-0.15, -0.1) is 0 Å². The van der Waals surface area contributed by atoms with Gasteiger partial charge in [-0.2, -0.15) is 0 Å². The average molecular weight is 426 g/mol. The predicted octanol–water partition coefficient (Wildman–Crippen LogP) is 0.601. The molecule has 0 amide bonds. The first-order chi connectivity index (χ1) is 14.1. The number of aromatic carboxylic acids is 1. The molecule has 1 fully saturated rings. The van der Waals surface area contributed by atoms with E-state index in [-0.39, 0.29) is 16.9 Å². The number of aliphatic hydroxyl groups excluding tert-OH is 3. The van der Waals surface area contributed by atoms with Gasteiger partial charge in [-0.05, 0) is 29.8 Å². The van der Waals surface area contributed by atoms with Gasteiger partial charge >= 0.3 is 11.9 Å². The molecule has 1 aliphatic rings. The predicted molar refractivity (Wildman–Crippen MR) is 93.7 cm³/mol. The first kappa shape index (κ1) is 21.6. The van der Waals surface area contributed by atoms with Crippen LogP contribution in [0.15, 0.2) is 36.4 Å². The van der Waals surface area contributed by atoms with Crippen molar-refractivity contribution in [3.8, 4) is 16.9 Å². The van der Waals surface area contributed by atoms with Crippen LogP contribution >= 0.6 is 0 Å². The van der Waals surface area contributed by atoms with Crippen molar-refractivity contribution in [1.29, 1.82) is 0 Å². The monoisotopic (exact) mass is 426 g/mol. The van der Waals surface area contributed by atoms with Gasteiger partial charge in [0.15, 0.2) is 6.10 Å². The maximum absolute atomic E-state index is 14.0. The number of aliphatic hydroxyl groups is 3. The number of rotatable bonds is 5. The highest BCUT2D eigenvalue weighted by Crippen LogP contribution is 2.31. The summed E-state index contributed by atoms with van der Waals surface area (Å²) in [7, 11) is 0. The third kappa shape index (κ3) is 4.09. The molecule has 3 rings (SSSR count). The molecule has 5 atom stereocenters. The van der Waals surface area contributed by atoms with Gasteiger partial charge in [0.05, 0.1) is 0 Å². The van der Waals surface area contributed by atoms with Crippen LogP contribution in [0.3, 0.4) is 0 Å². The molecule has 0 aliphatic carbocycles. The van der Waals surface area contributed by atoms with Gasteiger partial charge in [0.25, 0.3) is 0 Å². The van der Waals surface area contributed by atoms with E-state index in [1.165, 1.54) is 6.07 Å². The molecule has 1 aliphatic heterocycles. The highest BCUT2D eigenvalue weighted by molar-refractivity contribution is 5.92. The van der Waals surface area contributed by atoms with Crippen molar-refractivity contribution in [1.82, 2.24) is 0 Å². The van der Waals surface area contributed by atoms with E-state index in [2.05, 4.69) is 0 Å². The molecule has 1 heterocycles. The number of halogens is 2. The van der Waals surface area contributed by atoms with Crippen molar-refractivity contribution in [3.63, 3.8) is 0 Å². The van der Waals surface area contributed by atoms with E-state index in [1.54, 1.807) is 0 Å². The summed E-state index contributed by atoms with van der Waals surface area (Å²) in [5.74, 6) is -5.26. The quantitative estimate of drug-likeness (QED) is 0.462. The molecule has 5 N–H and O–H groups in total. The van der Waals surface area contributed by atoms with Crippen molar-refractivity contribution < 1.29 is 53.4 Å². The van der Waals surface area contributed by atoms with Gasteiger partial charge in [-0.25, -0.2) is 18.4 Å². The Bertz CT molecular complexity index is 980. The Morgan fingerprint density at radius 1 is 0.933 bits per heavy atom. The van der Waals surface area contributed by atoms with Gasteiger partial charge in [-0.1, -0.05) is 6.07 Å². The Balaban J connectivity index is 1.94. The van der Waals surface area contributed by atoms with Crippen LogP contribution in [-0.4, -0.2) is 68.2 Å². The lowest BCUT2D eigenvalue weighted by Crippen LogP contribution is -2.61. The van der Waals surface area contributed by atoms with Gasteiger partial charge in [0.2, 0.25) is 6.29 Å². The smallest absolute Gasteiger partial charge is 0.339 e. The molecule has 160 valence electrons. The molecule has 0 saturated carbocycles. The van der Waals surface area contributed by atoms with Crippen LogP contribution in [0, 0.1) is 11.6 Å². The summed E-state index contributed by atoms with van der Waals surface area (Å²) < 4.78 is 37.3. The largest absolute Gasteiger partial charge is 0.479 e. The maximum Gasteiger partial charge on any atom is 0.339 e. The summed E-state index contributed by atoms with van der Waals surface area (Å²) in [6, 6.07) is 6.13. The summed E-state index contributed by atoms with van der Waals surface area (Å²) in [5.41, 5.74) is -0.496. The first-order valence-electron chi connectivity index (χ1n) is 8.52. The SMILES string of the molecule is O=C(O)c1cc(-c2ccc(F)cc2F)ccc1O[C@@H]1OC(C(=O)O)[C@H](O)C(O)C1O. The number of ether oxygens (including phenoxy) is 2. The van der Waals surface area contributed by atoms with Gasteiger partial charge in [-0.3, -0.25) is 0 Å². The Labute approximate surface area is 167 Å². The van der Waals surface area contributed by atoms with Crippen molar-refractivity contribution in [2.45, 2.75) is 30.7 Å². The summed E-state index contributed by atoms with van der Waals surface area (Å²) in [5, 5.41) is 48.0. The summed E-state index contributed by atoms with van der Waals surface area (Å²) in [6.07, 6.45) is -9.54. The Hall–Kier alpha value is -3.12. The lowest BCUT2D eigenvalue weighted by molar-refractivity contribution is -0.271. The number of carbonyl (C=O) groups is 2. The molecule has 0 spiro atoms. The normalized spacial score (nSPS) is 26.2. The van der Waals surface area contributed by atoms with E-state index in [0.29, 0.717) is 6.07 Å². The van der Waals surface area contributed by atoms with Crippen molar-refractivity contribution >= 4 is 11.9 Å². The highest BCUT2D eigenvalue weighted by Gasteiger charge is 2.48. The Kier molecular flexibility index (Phi) is 5.99. The molecule has 0 radical (unpaired) electrons. The zero-order valence-corrected chi connectivity index (χ0v) is 15.0. The zero-order chi connectivity index (χ0) is 22.2. The number of benzene rings is 2. The minimum atomic E-state index is -1.94. The topological polar surface area (TPSA) is 154 Å². The van der Waals surface area contributed by atoms with E-state index in [9.17, 15) is 38.8 Å². The van der Waals surface area contributed by atoms with Crippen molar-refractivity contribution in [2.24, 2.45) is 0 Å². The van der Waals surface area contributed by atoms with Gasteiger partial charge < -0.3 is 35.0 Å². The summed E-state index contributed by atoms with van der Waals surface area (Å²) in [6.45, 7) is 0. The second-order valence-corrected chi connectivity index (χ2v) is 6.49. The van der Waals surface area contributed by atoms with Crippen LogP contribution in [0.5, 0.6) is 5.75 Å². The lowest BCUT2D eigenvalue weighted by Gasteiger charge is -2.38. The van der Waals surface area contributed by atoms with Gasteiger partial charge in [0, 0.05) is 11.6 Å². The van der Waals surface area contributed by atoms with Crippen LogP contribution in [0.1, 0.15) is 10.4 Å². The van der Waals surface area contributed by atoms with Crippen molar-refractivity contribution in [2.75, 3.05) is 0 Å². The number of hydrogen-bond donors (Lipinski definition) is 5. The first-order valence-corrected chi connectivity index (χ1v) is 8.52. The lowest BCUT2D eigenvalue weighted by atomic mass is 9.98. The van der Waals surface area contributed by atoms with Crippen molar-refractivity contribution in [3.05, 3.63) is 53.6 Å². The second-order valence-electron chi connectivity index (χ2n) is 6.49. The Morgan fingerprint density at radius 3 is 2.23 bits per heavy atom. The number of aliphatic carboxylic acids is 1. The van der Waals surface area contributed by atoms with E-state index >= 15 is 0 Å². The highest BCUT2D eigenvalue weighted by atomic mass is 19.1. The number of carboxylic acid groups (broad SMARTS) is 2. The van der Waals surface area contributed by atoms with Crippen LogP contribution in [-0.2, 0) is 9.53 Å². The molecule has 11 heteroatoms. The summed E-state index contributed by atoms with van der Waals surface area (Å²) >= 11 is 0. The fraction of sp³-hybridized carbons (Fsp3) is 0.263. The fourth-order valence-electron chi connectivity index (χ4n) is 2.97. The standard InChI is InChI=1S/C19H16F2O9/c20-8-2-3-9(11(21)6-8)7-1-4-12(10(5-7)17(25)26)29-19-15(24)13(22)14(23)16(30-19)18(27)28/h1-6,13-16,19,22-24H,(H,25,26)(H,27,28)/t13?,14-,15?,16?,19-/m1/s1. The molecule has 3 unspecified atom stereocenters. The van der Waals surface area contributed by atoms with E-state index in [0.717, 1.165) is 24.3 Å². The Morgan fingerprint density at radius 2 is 1.63 bits per heavy atom. The molecule has 30 heavy (non-hydrogen) atoms. The summed E-state index contributed by atoms with van der Waals surface area (Å²) in [4.78, 5) is 22.8. The van der Waals surface area contributed by atoms with Gasteiger partial charge in [0.1, 0.15) is 41.3 Å². The second kappa shape index (κ2) is 8.32. The van der Waals surface area contributed by atoms with E-state index in [4.69, 9.17) is 14.6 Å². The fourth-order valence-corrected chi connectivity index (χ4v) is 2.97. The third-order valence-electron chi connectivity index (χ3n) is 4.51. The van der Waals surface area contributed by atoms with E-state index < -0.39 is 59.8 Å². The number of hydrogen-bond acceptors (Lipinski definition) is 7. The molecular formula is C19H16F2O9. The molecule has 2 aromatic rings. The average Bonchev–Trinajstić information content (AvgIpc) is 2.68. The maximum atomic E-state index is 14.0. The minimum Gasteiger partial charge on any atom is -0.479 e. The molecular weight excluding hydrogens is 410 g/mol. The van der Waals surface area contributed by atoms with Crippen LogP contribution in [0.4, 0.5) is 8.78 Å². The molecule has 0 bridgehead atoms. The zero-order valence-electron chi connectivity index (χ0n) is 15.0.